The van der Waals surface area contributed by atoms with Crippen LogP contribution in [0.15, 0.2) is 61.5 Å². The minimum atomic E-state index is -4.63. The Morgan fingerprint density at radius 2 is 1.59 bits per heavy atom. The smallest absolute Gasteiger partial charge is 0.449 e. The number of carbonyl (C=O) groups excluding carboxylic acids is 1. The molecule has 2 aromatic carbocycles. The minimum absolute atomic E-state index is 0. The molecule has 1 amide bonds. The van der Waals surface area contributed by atoms with Gasteiger partial charge in [0, 0.05) is 17.4 Å². The Balaban J connectivity index is 0.00000408. The SMILES string of the molecule is CC1=NN(c2ccc(S(=O)(=O)O)cc2C)C(=[OH+])C1N=Nc1cc(S(=O)(=O)O)ccc1C(=O)O.[Cr]. The van der Waals surface area contributed by atoms with Crippen LogP contribution >= 0.6 is 0 Å². The Hall–Kier alpha value is -3.00. The Labute approximate surface area is 204 Å². The molecule has 13 nitrogen and oxygen atoms in total. The summed E-state index contributed by atoms with van der Waals surface area (Å²) in [7, 11) is -9.06. The second kappa shape index (κ2) is 9.70. The first-order valence-electron chi connectivity index (χ1n) is 8.95. The van der Waals surface area contributed by atoms with E-state index in [9.17, 15) is 36.1 Å². The largest absolute Gasteiger partial charge is 0.478 e. The van der Waals surface area contributed by atoms with Crippen molar-refractivity contribution in [3.63, 3.8) is 0 Å². The van der Waals surface area contributed by atoms with Gasteiger partial charge in [0.25, 0.3) is 20.2 Å². The zero-order chi connectivity index (χ0) is 24.7. The van der Waals surface area contributed by atoms with Crippen LogP contribution in [0.25, 0.3) is 0 Å². The van der Waals surface area contributed by atoms with Crippen molar-refractivity contribution in [2.24, 2.45) is 15.3 Å². The number of benzene rings is 2. The average molecular weight is 549 g/mol. The van der Waals surface area contributed by atoms with Gasteiger partial charge in [0.2, 0.25) is 6.04 Å². The molecular formula is C18H17CrN4O9S2+. The molecule has 3 rings (SSSR count). The fourth-order valence-corrected chi connectivity index (χ4v) is 4.03. The van der Waals surface area contributed by atoms with E-state index in [2.05, 4.69) is 15.3 Å². The number of hydrogen-bond acceptors (Lipinski definition) is 8. The summed E-state index contributed by atoms with van der Waals surface area (Å²) in [5.74, 6) is -1.87. The van der Waals surface area contributed by atoms with Crippen LogP contribution in [0.3, 0.4) is 0 Å². The zero-order valence-electron chi connectivity index (χ0n) is 17.4. The first kappa shape index (κ1) is 27.2. The molecule has 1 aliphatic rings. The second-order valence-electron chi connectivity index (χ2n) is 6.91. The van der Waals surface area contributed by atoms with Gasteiger partial charge in [0.1, 0.15) is 5.69 Å². The number of carboxylic acid groups (broad SMARTS) is 1. The quantitative estimate of drug-likeness (QED) is 0.275. The number of hydrogen-bond donors (Lipinski definition) is 3. The van der Waals surface area contributed by atoms with E-state index in [0.29, 0.717) is 5.56 Å². The van der Waals surface area contributed by atoms with E-state index in [1.54, 1.807) is 0 Å². The van der Waals surface area contributed by atoms with Crippen molar-refractivity contribution >= 4 is 49.2 Å². The maximum atomic E-state index is 11.4. The van der Waals surface area contributed by atoms with Crippen LogP contribution < -0.4 is 5.01 Å². The van der Waals surface area contributed by atoms with Crippen molar-refractivity contribution in [3.05, 3.63) is 47.5 Å². The van der Waals surface area contributed by atoms with E-state index in [1.807, 2.05) is 0 Å². The van der Waals surface area contributed by atoms with E-state index in [1.165, 1.54) is 26.0 Å². The van der Waals surface area contributed by atoms with Crippen LogP contribution in [0, 0.1) is 6.92 Å². The standard InChI is InChI=1S/C18H16N4O9S2.Cr/c1-9-7-11(32(26,27)28)4-6-15(9)22-17(23)16(10(2)21-22)20-19-14-8-12(33(29,30)31)3-5-13(14)18(24)25;/h3-8,16H,1-2H3,(H,24,25)(H,26,27,28)(H,29,30,31);/p+1. The molecule has 1 atom stereocenters. The second-order valence-corrected chi connectivity index (χ2v) is 9.75. The van der Waals surface area contributed by atoms with Crippen LogP contribution in [0.1, 0.15) is 22.8 Å². The first-order chi connectivity index (χ1) is 15.2. The fraction of sp³-hybridized carbons (Fsp3) is 0.167. The monoisotopic (exact) mass is 549 g/mol. The summed E-state index contributed by atoms with van der Waals surface area (Å²) in [4.78, 5) is 21.1. The topological polar surface area (TPSA) is 208 Å². The molecule has 0 spiro atoms. The number of amides is 1. The maximum Gasteiger partial charge on any atom is 0.449 e. The van der Waals surface area contributed by atoms with Gasteiger partial charge in [-0.2, -0.15) is 37.2 Å². The molecule has 1 aliphatic heterocycles. The molecule has 0 radical (unpaired) electrons. The number of hydrazone groups is 1. The molecule has 0 aliphatic carbocycles. The Kier molecular flexibility index (Phi) is 7.78. The Bertz CT molecular complexity index is 1450. The molecule has 2 aromatic rings. The maximum absolute atomic E-state index is 11.4. The number of anilines is 1. The molecule has 1 heterocycles. The molecule has 34 heavy (non-hydrogen) atoms. The van der Waals surface area contributed by atoms with Gasteiger partial charge in [-0.05, 0) is 55.8 Å². The Morgan fingerprint density at radius 3 is 2.12 bits per heavy atom. The third-order valence-electron chi connectivity index (χ3n) is 4.59. The first-order valence-corrected chi connectivity index (χ1v) is 11.8. The summed E-state index contributed by atoms with van der Waals surface area (Å²) in [5, 5.41) is 22.1. The van der Waals surface area contributed by atoms with Gasteiger partial charge in [-0.15, -0.1) is 0 Å². The van der Waals surface area contributed by atoms with Gasteiger partial charge < -0.3 is 5.11 Å². The number of nitrogens with zero attached hydrogens (tertiary/aromatic N) is 4. The van der Waals surface area contributed by atoms with Crippen molar-refractivity contribution in [1.82, 2.24) is 0 Å². The van der Waals surface area contributed by atoms with E-state index in [-0.39, 0.29) is 39.3 Å². The van der Waals surface area contributed by atoms with Crippen LogP contribution in [-0.4, -0.2) is 59.5 Å². The zero-order valence-corrected chi connectivity index (χ0v) is 20.3. The van der Waals surface area contributed by atoms with Gasteiger partial charge in [-0.25, -0.2) is 4.79 Å². The summed E-state index contributed by atoms with van der Waals surface area (Å²) in [6.45, 7) is 3.02. The summed E-state index contributed by atoms with van der Waals surface area (Å²) in [6, 6.07) is 5.08. The van der Waals surface area contributed by atoms with Crippen LogP contribution in [0.5, 0.6) is 0 Å². The predicted molar refractivity (Wildman–Crippen MR) is 115 cm³/mol. The molecule has 16 heteroatoms. The number of rotatable bonds is 6. The molecule has 0 aromatic heterocycles. The van der Waals surface area contributed by atoms with Crippen molar-refractivity contribution in [2.75, 3.05) is 5.01 Å². The van der Waals surface area contributed by atoms with Gasteiger partial charge in [0.15, 0.2) is 0 Å². The molecule has 0 saturated heterocycles. The predicted octanol–water partition coefficient (Wildman–Crippen LogP) is 2.03. The third kappa shape index (κ3) is 5.55. The van der Waals surface area contributed by atoms with E-state index >= 15 is 0 Å². The van der Waals surface area contributed by atoms with Crippen LogP contribution in [0.4, 0.5) is 11.4 Å². The summed E-state index contributed by atoms with van der Waals surface area (Å²) < 4.78 is 63.7. The van der Waals surface area contributed by atoms with Crippen LogP contribution in [0.2, 0.25) is 0 Å². The molecular weight excluding hydrogens is 532 g/mol. The normalized spacial score (nSPS) is 16.5. The number of aromatic carboxylic acids is 1. The molecule has 4 N–H and O–H groups in total. The summed E-state index contributed by atoms with van der Waals surface area (Å²) >= 11 is 0. The fourth-order valence-electron chi connectivity index (χ4n) is 2.96. The van der Waals surface area contributed by atoms with Gasteiger partial charge in [0.05, 0.1) is 26.8 Å². The van der Waals surface area contributed by atoms with Gasteiger partial charge >= 0.3 is 11.9 Å². The van der Waals surface area contributed by atoms with Crippen molar-refractivity contribution in [1.29, 1.82) is 0 Å². The molecule has 0 bridgehead atoms. The molecule has 0 saturated carbocycles. The molecule has 1 unspecified atom stereocenters. The molecule has 180 valence electrons. The van der Waals surface area contributed by atoms with E-state index in [4.69, 9.17) is 4.55 Å². The summed E-state index contributed by atoms with van der Waals surface area (Å²) in [5.41, 5.74) is 0.0748. The van der Waals surface area contributed by atoms with Crippen LogP contribution in [-0.2, 0) is 37.6 Å². The number of azo groups is 1. The summed E-state index contributed by atoms with van der Waals surface area (Å²) in [6.07, 6.45) is 0. The third-order valence-corrected chi connectivity index (χ3v) is 6.29. The van der Waals surface area contributed by atoms with E-state index in [0.717, 1.165) is 29.3 Å². The van der Waals surface area contributed by atoms with Gasteiger partial charge in [-0.1, -0.05) is 0 Å². The van der Waals surface area contributed by atoms with Gasteiger partial charge in [-0.3, -0.25) is 13.9 Å². The van der Waals surface area contributed by atoms with Crippen molar-refractivity contribution < 1.29 is 58.0 Å². The average Bonchev–Trinajstić information content (AvgIpc) is 2.98. The minimum Gasteiger partial charge on any atom is -0.478 e. The Morgan fingerprint density at radius 1 is 1.03 bits per heavy atom. The van der Waals surface area contributed by atoms with Crippen molar-refractivity contribution in [2.45, 2.75) is 29.7 Å². The molecule has 0 fully saturated rings. The number of carboxylic acids is 1. The number of aryl methyl sites for hydroxylation is 1. The number of carbonyl (C=O) groups is 1. The van der Waals surface area contributed by atoms with E-state index < -0.39 is 48.6 Å². The van der Waals surface area contributed by atoms with Crippen molar-refractivity contribution in [3.8, 4) is 0 Å².